The average molecular weight is 493 g/mol. The van der Waals surface area contributed by atoms with Crippen LogP contribution in [0.4, 0.5) is 0 Å². The smallest absolute Gasteiger partial charge is 0.264 e. The summed E-state index contributed by atoms with van der Waals surface area (Å²) >= 11 is 0. The molecule has 0 bridgehead atoms. The summed E-state index contributed by atoms with van der Waals surface area (Å²) in [5, 5.41) is 0. The lowest BCUT2D eigenvalue weighted by molar-refractivity contribution is -0.162. The van der Waals surface area contributed by atoms with Crippen molar-refractivity contribution >= 4 is 10.4 Å². The molecule has 4 aliphatic carbocycles. The lowest BCUT2D eigenvalue weighted by Crippen LogP contribution is -2.58. The van der Waals surface area contributed by atoms with Crippen LogP contribution in [-0.4, -0.2) is 19.1 Å². The Balaban J connectivity index is 1.52. The summed E-state index contributed by atoms with van der Waals surface area (Å²) in [6.45, 7) is 18.6. The molecule has 1 N–H and O–H groups in total. The zero-order chi connectivity index (χ0) is 25.1. The van der Waals surface area contributed by atoms with E-state index in [1.165, 1.54) is 37.7 Å². The highest BCUT2D eigenvalue weighted by Crippen LogP contribution is 2.73. The summed E-state index contributed by atoms with van der Waals surface area (Å²) in [6.07, 6.45) is 14.6. The van der Waals surface area contributed by atoms with Crippen LogP contribution in [0.25, 0.3) is 0 Å². The van der Waals surface area contributed by atoms with E-state index in [0.717, 1.165) is 37.5 Å². The molecule has 0 amide bonds. The average Bonchev–Trinajstić information content (AvgIpc) is 3.02. The van der Waals surface area contributed by atoms with Crippen LogP contribution in [0, 0.1) is 51.8 Å². The molecule has 0 aromatic rings. The van der Waals surface area contributed by atoms with E-state index in [1.807, 2.05) is 0 Å². The van der Waals surface area contributed by atoms with E-state index in [-0.39, 0.29) is 11.5 Å². The Hall–Kier alpha value is -0.650. The van der Waals surface area contributed by atoms with Crippen LogP contribution in [0.5, 0.6) is 0 Å². The maximum absolute atomic E-state index is 11.3. The van der Waals surface area contributed by atoms with Gasteiger partial charge in [0.2, 0.25) is 0 Å². The third-order valence-corrected chi connectivity index (χ3v) is 12.4. The molecule has 4 unspecified atom stereocenters. The highest BCUT2D eigenvalue weighted by Gasteiger charge is 2.65. The van der Waals surface area contributed by atoms with Crippen molar-refractivity contribution in [3.05, 3.63) is 24.3 Å². The van der Waals surface area contributed by atoms with Crippen molar-refractivity contribution in [2.24, 2.45) is 51.8 Å². The van der Waals surface area contributed by atoms with Gasteiger partial charge in [0.05, 0.1) is 6.10 Å². The molecule has 34 heavy (non-hydrogen) atoms. The van der Waals surface area contributed by atoms with E-state index in [4.69, 9.17) is 4.18 Å². The third-order valence-electron chi connectivity index (χ3n) is 11.9. The second kappa shape index (κ2) is 9.03. The fourth-order valence-electron chi connectivity index (χ4n) is 9.41. The van der Waals surface area contributed by atoms with Gasteiger partial charge >= 0.3 is 10.4 Å². The Morgan fingerprint density at radius 1 is 0.971 bits per heavy atom. The fourth-order valence-corrected chi connectivity index (χ4v) is 9.93. The van der Waals surface area contributed by atoms with Crippen molar-refractivity contribution in [1.29, 1.82) is 0 Å². The molecular formula is C29H48O4S. The molecule has 0 aromatic carbocycles. The largest absolute Gasteiger partial charge is 0.397 e. The first-order valence-electron chi connectivity index (χ1n) is 13.7. The van der Waals surface area contributed by atoms with Gasteiger partial charge in [-0.25, -0.2) is 4.18 Å². The van der Waals surface area contributed by atoms with Crippen molar-refractivity contribution in [3.8, 4) is 0 Å². The van der Waals surface area contributed by atoms with Gasteiger partial charge in [-0.2, -0.15) is 8.42 Å². The second-order valence-electron chi connectivity index (χ2n) is 13.3. The Morgan fingerprint density at radius 3 is 2.29 bits per heavy atom. The zero-order valence-electron chi connectivity index (χ0n) is 22.3. The first-order valence-corrected chi connectivity index (χ1v) is 15.1. The van der Waals surface area contributed by atoms with Crippen LogP contribution in [0.3, 0.4) is 0 Å². The monoisotopic (exact) mass is 492 g/mol. The number of allylic oxidation sites excluding steroid dienone is 3. The molecule has 0 aromatic heterocycles. The van der Waals surface area contributed by atoms with Gasteiger partial charge in [0.1, 0.15) is 0 Å². The van der Waals surface area contributed by atoms with E-state index >= 15 is 0 Å². The molecule has 4 aliphatic rings. The van der Waals surface area contributed by atoms with E-state index < -0.39 is 10.4 Å². The van der Waals surface area contributed by atoms with Gasteiger partial charge in [0.15, 0.2) is 0 Å². The van der Waals surface area contributed by atoms with Gasteiger partial charge in [0.25, 0.3) is 0 Å². The topological polar surface area (TPSA) is 63.6 Å². The normalized spacial score (nSPS) is 46.4. The van der Waals surface area contributed by atoms with Crippen LogP contribution in [0.1, 0.15) is 99.3 Å². The summed E-state index contributed by atoms with van der Waals surface area (Å²) in [7, 11) is -4.37. The Labute approximate surface area is 209 Å². The van der Waals surface area contributed by atoms with Gasteiger partial charge in [-0.3, -0.25) is 4.55 Å². The summed E-state index contributed by atoms with van der Waals surface area (Å²) in [5.74, 6) is 3.71. The van der Waals surface area contributed by atoms with Crippen molar-refractivity contribution in [1.82, 2.24) is 0 Å². The van der Waals surface area contributed by atoms with Gasteiger partial charge < -0.3 is 0 Å². The molecule has 4 rings (SSSR count). The minimum atomic E-state index is -4.37. The molecule has 10 atom stereocenters. The molecule has 4 nitrogen and oxygen atoms in total. The van der Waals surface area contributed by atoms with Crippen LogP contribution < -0.4 is 0 Å². The molecule has 0 radical (unpaired) electrons. The zero-order valence-corrected chi connectivity index (χ0v) is 23.2. The maximum atomic E-state index is 11.3. The Morgan fingerprint density at radius 2 is 1.65 bits per heavy atom. The molecular weight excluding hydrogens is 444 g/mol. The fraction of sp³-hybridized carbons (Fsp3) is 0.862. The van der Waals surface area contributed by atoms with Gasteiger partial charge in [-0.15, -0.1) is 0 Å². The van der Waals surface area contributed by atoms with Crippen LogP contribution in [-0.2, 0) is 14.6 Å². The molecule has 4 fully saturated rings. The minimum Gasteiger partial charge on any atom is -0.264 e. The summed E-state index contributed by atoms with van der Waals surface area (Å²) in [6, 6.07) is 0. The second-order valence-corrected chi connectivity index (χ2v) is 14.4. The summed E-state index contributed by atoms with van der Waals surface area (Å²) in [5.41, 5.74) is 2.23. The van der Waals surface area contributed by atoms with Crippen LogP contribution in [0.2, 0.25) is 0 Å². The maximum Gasteiger partial charge on any atom is 0.397 e. The molecule has 194 valence electrons. The third kappa shape index (κ3) is 4.36. The molecule has 0 heterocycles. The molecule has 4 saturated carbocycles. The first-order chi connectivity index (χ1) is 15.7. The first kappa shape index (κ1) is 26.4. The molecule has 0 saturated heterocycles. The van der Waals surface area contributed by atoms with Gasteiger partial charge in [-0.1, -0.05) is 58.9 Å². The predicted molar refractivity (Wildman–Crippen MR) is 139 cm³/mol. The van der Waals surface area contributed by atoms with E-state index in [2.05, 4.69) is 60.3 Å². The van der Waals surface area contributed by atoms with E-state index in [1.54, 1.807) is 0 Å². The predicted octanol–water partition coefficient (Wildman–Crippen LogP) is 7.63. The lowest BCUT2D eigenvalue weighted by atomic mass is 9.40. The van der Waals surface area contributed by atoms with Crippen LogP contribution in [0.15, 0.2) is 24.3 Å². The SMILES string of the molecule is C=C(C)C(C)/C=C/[C@@H](C)[C@H]1CC[C@@]2(C)C3CCC4C[C@@H](OS(=O)(=O)O)CC[C@]4(C)C3CC[C@]12C. The Bertz CT molecular complexity index is 924. The Kier molecular flexibility index (Phi) is 7.01. The highest BCUT2D eigenvalue weighted by molar-refractivity contribution is 7.80. The van der Waals surface area contributed by atoms with Crippen molar-refractivity contribution in [3.63, 3.8) is 0 Å². The number of fused-ring (bicyclic) bond motifs is 5. The van der Waals surface area contributed by atoms with E-state index in [0.29, 0.717) is 34.5 Å². The molecule has 0 aliphatic heterocycles. The lowest BCUT2D eigenvalue weighted by Gasteiger charge is -2.65. The quantitative estimate of drug-likeness (QED) is 0.306. The van der Waals surface area contributed by atoms with Gasteiger partial charge in [-0.05, 0) is 116 Å². The standard InChI is InChI=1S/C29H48O4S/c1-19(2)20(3)8-9-21(4)24-13-16-29(7)26-11-10-22-18-23(33-34(30,31)32)12-15-27(22,5)25(26)14-17-28(24,29)6/h8-9,20-26H,1,10-18H2,2-7H3,(H,30,31,32)/b9-8+/t20?,21-,22?,23+,24-,25?,26?,27+,28-,29+/m1/s1. The van der Waals surface area contributed by atoms with Crippen molar-refractivity contribution < 1.29 is 17.2 Å². The summed E-state index contributed by atoms with van der Waals surface area (Å²) in [4.78, 5) is 0. The number of hydrogen-bond donors (Lipinski definition) is 1. The van der Waals surface area contributed by atoms with Crippen molar-refractivity contribution in [2.45, 2.75) is 105 Å². The molecule has 0 spiro atoms. The number of rotatable bonds is 6. The highest BCUT2D eigenvalue weighted by atomic mass is 32.3. The van der Waals surface area contributed by atoms with Crippen LogP contribution >= 0.6 is 0 Å². The van der Waals surface area contributed by atoms with Gasteiger partial charge in [0, 0.05) is 0 Å². The van der Waals surface area contributed by atoms with E-state index in [9.17, 15) is 13.0 Å². The number of hydrogen-bond acceptors (Lipinski definition) is 3. The summed E-state index contributed by atoms with van der Waals surface area (Å²) < 4.78 is 36.8. The minimum absolute atomic E-state index is 0.257. The molecule has 5 heteroatoms. The van der Waals surface area contributed by atoms with Crippen molar-refractivity contribution in [2.75, 3.05) is 0 Å².